The van der Waals surface area contributed by atoms with E-state index in [1.807, 2.05) is 31.2 Å². The Hall–Kier alpha value is -3.48. The van der Waals surface area contributed by atoms with Crippen molar-refractivity contribution in [1.29, 1.82) is 0 Å². The first-order valence-corrected chi connectivity index (χ1v) is 9.01. The number of hydrogen-bond donors (Lipinski definition) is 2. The van der Waals surface area contributed by atoms with Gasteiger partial charge in [0.05, 0.1) is 13.7 Å². The van der Waals surface area contributed by atoms with E-state index in [0.717, 1.165) is 17.3 Å². The highest BCUT2D eigenvalue weighted by atomic mass is 16.5. The Kier molecular flexibility index (Phi) is 5.84. The van der Waals surface area contributed by atoms with Gasteiger partial charge in [-0.05, 0) is 36.8 Å². The van der Waals surface area contributed by atoms with Gasteiger partial charge < -0.3 is 14.0 Å². The van der Waals surface area contributed by atoms with Crippen molar-refractivity contribution in [1.82, 2.24) is 15.4 Å². The summed E-state index contributed by atoms with van der Waals surface area (Å²) in [6.07, 6.45) is 0.867. The second-order valence-corrected chi connectivity index (χ2v) is 6.27. The molecule has 0 saturated carbocycles. The minimum atomic E-state index is -0.451. The molecule has 28 heavy (non-hydrogen) atoms. The lowest BCUT2D eigenvalue weighted by Crippen LogP contribution is -2.42. The minimum absolute atomic E-state index is 0.345. The van der Waals surface area contributed by atoms with Crippen molar-refractivity contribution in [3.05, 3.63) is 59.8 Å². The van der Waals surface area contributed by atoms with Crippen LogP contribution in [0.15, 0.2) is 48.5 Å². The van der Waals surface area contributed by atoms with E-state index in [1.54, 1.807) is 35.9 Å². The number of nitrogens with one attached hydrogen (secondary N) is 2. The number of hydrogen-bond acceptors (Lipinski definition) is 4. The summed E-state index contributed by atoms with van der Waals surface area (Å²) >= 11 is 0. The molecule has 7 heteroatoms. The van der Waals surface area contributed by atoms with Crippen LogP contribution in [0.3, 0.4) is 0 Å². The third-order valence-corrected chi connectivity index (χ3v) is 4.36. The van der Waals surface area contributed by atoms with Crippen LogP contribution in [0.5, 0.6) is 11.5 Å². The predicted octanol–water partition coefficient (Wildman–Crippen LogP) is 3.05. The maximum absolute atomic E-state index is 12.5. The van der Waals surface area contributed by atoms with E-state index in [-0.39, 0.29) is 0 Å². The molecule has 146 valence electrons. The van der Waals surface area contributed by atoms with Gasteiger partial charge in [-0.15, -0.1) is 0 Å². The number of hydrazine groups is 1. The Bertz CT molecular complexity index is 1010. The van der Waals surface area contributed by atoms with Crippen LogP contribution in [0.2, 0.25) is 0 Å². The number of fused-ring (bicyclic) bond motifs is 1. The number of nitrogens with zero attached hydrogens (tertiary/aromatic N) is 1. The number of carbonyl (C=O) groups is 2. The van der Waals surface area contributed by atoms with Crippen molar-refractivity contribution in [3.63, 3.8) is 0 Å². The number of aromatic nitrogens is 1. The number of para-hydroxylation sites is 1. The third-order valence-electron chi connectivity index (χ3n) is 4.36. The average molecular weight is 381 g/mol. The lowest BCUT2D eigenvalue weighted by molar-refractivity contribution is 0.0842. The Balaban J connectivity index is 1.69. The standard InChI is InChI=1S/C21H23N3O4/c1-4-11-28-18-10-9-15(13-19(18)27-3)20(25)22-23-21(26)17-12-14-7-5-6-8-16(14)24(17)2/h5-10,12-13H,4,11H2,1-3H3,(H,22,25)(H,23,26). The second kappa shape index (κ2) is 8.47. The van der Waals surface area contributed by atoms with Crippen LogP contribution in [-0.4, -0.2) is 30.1 Å². The molecule has 0 aliphatic carbocycles. The molecule has 2 aromatic carbocycles. The Morgan fingerprint density at radius 2 is 1.75 bits per heavy atom. The number of aryl methyl sites for hydroxylation is 1. The lowest BCUT2D eigenvalue weighted by Gasteiger charge is -2.12. The fourth-order valence-electron chi connectivity index (χ4n) is 2.90. The molecule has 1 aromatic heterocycles. The molecule has 0 aliphatic heterocycles. The van der Waals surface area contributed by atoms with Crippen molar-refractivity contribution < 1.29 is 19.1 Å². The van der Waals surface area contributed by atoms with Crippen molar-refractivity contribution >= 4 is 22.7 Å². The number of carbonyl (C=O) groups excluding carboxylic acids is 2. The fourth-order valence-corrected chi connectivity index (χ4v) is 2.90. The number of benzene rings is 2. The van der Waals surface area contributed by atoms with Gasteiger partial charge in [-0.2, -0.15) is 0 Å². The minimum Gasteiger partial charge on any atom is -0.493 e. The Labute approximate surface area is 163 Å². The SMILES string of the molecule is CCCOc1ccc(C(=O)NNC(=O)c2cc3ccccc3n2C)cc1OC. The molecule has 0 spiro atoms. The molecule has 0 bridgehead atoms. The maximum Gasteiger partial charge on any atom is 0.286 e. The van der Waals surface area contributed by atoms with E-state index in [2.05, 4.69) is 10.9 Å². The van der Waals surface area contributed by atoms with Gasteiger partial charge in [-0.3, -0.25) is 20.4 Å². The molecular weight excluding hydrogens is 358 g/mol. The van der Waals surface area contributed by atoms with Crippen molar-refractivity contribution in [2.24, 2.45) is 7.05 Å². The highest BCUT2D eigenvalue weighted by molar-refractivity contribution is 6.01. The molecule has 7 nitrogen and oxygen atoms in total. The summed E-state index contributed by atoms with van der Waals surface area (Å²) in [6, 6.07) is 14.3. The second-order valence-electron chi connectivity index (χ2n) is 6.27. The zero-order chi connectivity index (χ0) is 20.1. The predicted molar refractivity (Wildman–Crippen MR) is 107 cm³/mol. The van der Waals surface area contributed by atoms with Gasteiger partial charge in [-0.1, -0.05) is 25.1 Å². The van der Waals surface area contributed by atoms with Crippen LogP contribution in [-0.2, 0) is 7.05 Å². The van der Waals surface area contributed by atoms with Crippen molar-refractivity contribution in [2.45, 2.75) is 13.3 Å². The van der Waals surface area contributed by atoms with Crippen LogP contribution < -0.4 is 20.3 Å². The first kappa shape index (κ1) is 19.3. The molecular formula is C21H23N3O4. The highest BCUT2D eigenvalue weighted by Crippen LogP contribution is 2.28. The molecule has 1 heterocycles. The Morgan fingerprint density at radius 3 is 2.46 bits per heavy atom. The summed E-state index contributed by atoms with van der Waals surface area (Å²) < 4.78 is 12.6. The molecule has 2 N–H and O–H groups in total. The van der Waals surface area contributed by atoms with E-state index in [1.165, 1.54) is 7.11 Å². The molecule has 0 fully saturated rings. The normalized spacial score (nSPS) is 10.5. The van der Waals surface area contributed by atoms with Gasteiger partial charge in [0.15, 0.2) is 11.5 Å². The smallest absolute Gasteiger partial charge is 0.286 e. The Morgan fingerprint density at radius 1 is 1.00 bits per heavy atom. The lowest BCUT2D eigenvalue weighted by atomic mass is 10.2. The van der Waals surface area contributed by atoms with Gasteiger partial charge in [0.25, 0.3) is 11.8 Å². The summed E-state index contributed by atoms with van der Waals surface area (Å²) in [5, 5.41) is 0.953. The van der Waals surface area contributed by atoms with Gasteiger partial charge in [-0.25, -0.2) is 0 Å². The highest BCUT2D eigenvalue weighted by Gasteiger charge is 2.15. The van der Waals surface area contributed by atoms with Crippen LogP contribution in [0.25, 0.3) is 10.9 Å². The first-order chi connectivity index (χ1) is 13.5. The molecule has 0 aliphatic rings. The summed E-state index contributed by atoms with van der Waals surface area (Å²) in [6.45, 7) is 2.57. The summed E-state index contributed by atoms with van der Waals surface area (Å²) in [4.78, 5) is 24.9. The first-order valence-electron chi connectivity index (χ1n) is 9.01. The van der Waals surface area contributed by atoms with Crippen LogP contribution in [0.1, 0.15) is 34.2 Å². The molecule has 3 rings (SSSR count). The summed E-state index contributed by atoms with van der Waals surface area (Å²) in [5.74, 6) is 0.177. The van der Waals surface area contributed by atoms with Crippen LogP contribution in [0, 0.1) is 0 Å². The summed E-state index contributed by atoms with van der Waals surface area (Å²) in [5.41, 5.74) is 6.62. The average Bonchev–Trinajstić information content (AvgIpc) is 3.07. The molecule has 0 atom stereocenters. The third kappa shape index (κ3) is 3.93. The van der Waals surface area contributed by atoms with Gasteiger partial charge in [0.2, 0.25) is 0 Å². The van der Waals surface area contributed by atoms with Crippen LogP contribution in [0.4, 0.5) is 0 Å². The number of rotatable bonds is 6. The number of methoxy groups -OCH3 is 1. The molecule has 0 saturated heterocycles. The molecule has 2 amide bonds. The zero-order valence-electron chi connectivity index (χ0n) is 16.1. The quantitative estimate of drug-likeness (QED) is 0.643. The molecule has 0 unspecified atom stereocenters. The van der Waals surface area contributed by atoms with E-state index in [0.29, 0.717) is 29.4 Å². The topological polar surface area (TPSA) is 81.6 Å². The van der Waals surface area contributed by atoms with E-state index >= 15 is 0 Å². The van der Waals surface area contributed by atoms with Crippen molar-refractivity contribution in [3.8, 4) is 11.5 Å². The van der Waals surface area contributed by atoms with Gasteiger partial charge in [0.1, 0.15) is 5.69 Å². The monoisotopic (exact) mass is 381 g/mol. The van der Waals surface area contributed by atoms with Gasteiger partial charge in [0, 0.05) is 23.5 Å². The summed E-state index contributed by atoms with van der Waals surface area (Å²) in [7, 11) is 3.32. The fraction of sp³-hybridized carbons (Fsp3) is 0.238. The maximum atomic E-state index is 12.5. The van der Waals surface area contributed by atoms with E-state index in [4.69, 9.17) is 9.47 Å². The number of ether oxygens (including phenoxy) is 2. The van der Waals surface area contributed by atoms with Gasteiger partial charge >= 0.3 is 0 Å². The van der Waals surface area contributed by atoms with E-state index < -0.39 is 11.8 Å². The molecule has 3 aromatic rings. The number of amides is 2. The van der Waals surface area contributed by atoms with Crippen LogP contribution >= 0.6 is 0 Å². The molecule has 0 radical (unpaired) electrons. The largest absolute Gasteiger partial charge is 0.493 e. The van der Waals surface area contributed by atoms with E-state index in [9.17, 15) is 9.59 Å². The van der Waals surface area contributed by atoms with Crippen molar-refractivity contribution in [2.75, 3.05) is 13.7 Å². The zero-order valence-corrected chi connectivity index (χ0v) is 16.1.